The summed E-state index contributed by atoms with van der Waals surface area (Å²) in [4.78, 5) is 0. The Labute approximate surface area is 86.5 Å². The molecule has 5 heteroatoms. The monoisotopic (exact) mass is 205 g/mol. The normalized spacial score (nSPS) is 10.2. The van der Waals surface area contributed by atoms with Crippen LogP contribution in [0.3, 0.4) is 0 Å². The average molecular weight is 205 g/mol. The number of rotatable bonds is 2. The quantitative estimate of drug-likeness (QED) is 0.691. The van der Waals surface area contributed by atoms with Crippen LogP contribution >= 0.6 is 0 Å². The SMILES string of the molecule is COc1ccc(-c2[nH]ncc2N)cc1O. The second-order valence-electron chi connectivity index (χ2n) is 3.09. The third-order valence-electron chi connectivity index (χ3n) is 2.14. The highest BCUT2D eigenvalue weighted by molar-refractivity contribution is 5.73. The van der Waals surface area contributed by atoms with Crippen LogP contribution in [0.2, 0.25) is 0 Å². The number of nitrogens with one attached hydrogen (secondary N) is 1. The smallest absolute Gasteiger partial charge is 0.160 e. The van der Waals surface area contributed by atoms with E-state index in [1.54, 1.807) is 18.2 Å². The average Bonchev–Trinajstić information content (AvgIpc) is 2.64. The van der Waals surface area contributed by atoms with E-state index < -0.39 is 0 Å². The van der Waals surface area contributed by atoms with Crippen molar-refractivity contribution in [2.24, 2.45) is 0 Å². The highest BCUT2D eigenvalue weighted by atomic mass is 16.5. The van der Waals surface area contributed by atoms with Gasteiger partial charge < -0.3 is 15.6 Å². The summed E-state index contributed by atoms with van der Waals surface area (Å²) < 4.78 is 4.94. The number of nitrogen functional groups attached to an aromatic ring is 1. The molecule has 0 amide bonds. The fraction of sp³-hybridized carbons (Fsp3) is 0.100. The topological polar surface area (TPSA) is 84.2 Å². The lowest BCUT2D eigenvalue weighted by atomic mass is 10.1. The molecule has 1 heterocycles. The lowest BCUT2D eigenvalue weighted by Gasteiger charge is -2.05. The molecule has 0 unspecified atom stereocenters. The predicted octanol–water partition coefficient (Wildman–Crippen LogP) is 1.37. The number of ether oxygens (including phenoxy) is 1. The zero-order chi connectivity index (χ0) is 10.8. The van der Waals surface area contributed by atoms with Gasteiger partial charge in [0, 0.05) is 5.56 Å². The minimum absolute atomic E-state index is 0.0731. The van der Waals surface area contributed by atoms with Gasteiger partial charge in [-0.1, -0.05) is 0 Å². The number of nitrogens with zero attached hydrogens (tertiary/aromatic N) is 1. The van der Waals surface area contributed by atoms with Crippen molar-refractivity contribution in [2.75, 3.05) is 12.8 Å². The number of nitrogens with two attached hydrogens (primary N) is 1. The van der Waals surface area contributed by atoms with Crippen LogP contribution in [0, 0.1) is 0 Å². The molecule has 0 atom stereocenters. The van der Waals surface area contributed by atoms with Gasteiger partial charge in [0.1, 0.15) is 0 Å². The van der Waals surface area contributed by atoms with Crippen molar-refractivity contribution in [1.29, 1.82) is 0 Å². The van der Waals surface area contributed by atoms with Gasteiger partial charge in [-0.2, -0.15) is 5.10 Å². The molecule has 2 rings (SSSR count). The Hall–Kier alpha value is -2.17. The minimum Gasteiger partial charge on any atom is -0.504 e. The number of aromatic amines is 1. The molecule has 0 spiro atoms. The van der Waals surface area contributed by atoms with Crippen molar-refractivity contribution >= 4 is 5.69 Å². The number of anilines is 1. The third-order valence-corrected chi connectivity index (χ3v) is 2.14. The standard InChI is InChI=1S/C10H11N3O2/c1-15-9-3-2-6(4-8(9)14)10-7(11)5-12-13-10/h2-5,14H,11H2,1H3,(H,12,13). The van der Waals surface area contributed by atoms with Crippen LogP contribution in [0.5, 0.6) is 11.5 Å². The molecule has 0 radical (unpaired) electrons. The highest BCUT2D eigenvalue weighted by Crippen LogP contribution is 2.32. The Morgan fingerprint density at radius 2 is 2.27 bits per heavy atom. The summed E-state index contributed by atoms with van der Waals surface area (Å²) in [5.74, 6) is 0.501. The van der Waals surface area contributed by atoms with Gasteiger partial charge in [-0.3, -0.25) is 5.10 Å². The summed E-state index contributed by atoms with van der Waals surface area (Å²) in [6.07, 6.45) is 1.52. The first-order valence-corrected chi connectivity index (χ1v) is 4.38. The van der Waals surface area contributed by atoms with Crippen molar-refractivity contribution < 1.29 is 9.84 Å². The second-order valence-corrected chi connectivity index (χ2v) is 3.09. The van der Waals surface area contributed by atoms with E-state index in [0.29, 0.717) is 17.1 Å². The van der Waals surface area contributed by atoms with Gasteiger partial charge in [0.25, 0.3) is 0 Å². The molecule has 0 bridgehead atoms. The van der Waals surface area contributed by atoms with Crippen LogP contribution in [-0.2, 0) is 0 Å². The number of H-pyrrole nitrogens is 1. The molecule has 1 aromatic heterocycles. The Morgan fingerprint density at radius 3 is 2.80 bits per heavy atom. The summed E-state index contributed by atoms with van der Waals surface area (Å²) in [5, 5.41) is 16.1. The molecule has 0 aliphatic carbocycles. The summed E-state index contributed by atoms with van der Waals surface area (Å²) in [7, 11) is 1.50. The van der Waals surface area contributed by atoms with Crippen molar-refractivity contribution in [3.8, 4) is 22.8 Å². The van der Waals surface area contributed by atoms with Crippen molar-refractivity contribution in [2.45, 2.75) is 0 Å². The summed E-state index contributed by atoms with van der Waals surface area (Å²) in [6, 6.07) is 5.04. The van der Waals surface area contributed by atoms with Gasteiger partial charge in [0.15, 0.2) is 11.5 Å². The van der Waals surface area contributed by atoms with Crippen LogP contribution < -0.4 is 10.5 Å². The van der Waals surface area contributed by atoms with Crippen molar-refractivity contribution in [3.63, 3.8) is 0 Å². The molecule has 4 N–H and O–H groups in total. The number of benzene rings is 1. The maximum atomic E-state index is 9.58. The molecule has 5 nitrogen and oxygen atoms in total. The number of hydrogen-bond donors (Lipinski definition) is 3. The molecule has 0 saturated carbocycles. The molecule has 0 aliphatic rings. The Morgan fingerprint density at radius 1 is 1.47 bits per heavy atom. The number of aromatic hydroxyl groups is 1. The zero-order valence-electron chi connectivity index (χ0n) is 8.19. The fourth-order valence-corrected chi connectivity index (χ4v) is 1.37. The van der Waals surface area contributed by atoms with E-state index in [9.17, 15) is 5.11 Å². The van der Waals surface area contributed by atoms with E-state index in [1.807, 2.05) is 0 Å². The predicted molar refractivity (Wildman–Crippen MR) is 56.7 cm³/mol. The molecular weight excluding hydrogens is 194 g/mol. The summed E-state index contributed by atoms with van der Waals surface area (Å²) in [5.41, 5.74) is 7.68. The van der Waals surface area contributed by atoms with Gasteiger partial charge >= 0.3 is 0 Å². The molecule has 2 aromatic rings. The Balaban J connectivity index is 2.47. The third kappa shape index (κ3) is 1.59. The minimum atomic E-state index is 0.0731. The molecule has 0 saturated heterocycles. The largest absolute Gasteiger partial charge is 0.504 e. The van der Waals surface area contributed by atoms with Crippen LogP contribution in [0.25, 0.3) is 11.3 Å². The zero-order valence-corrected chi connectivity index (χ0v) is 8.19. The number of phenols is 1. The number of aromatic nitrogens is 2. The summed E-state index contributed by atoms with van der Waals surface area (Å²) >= 11 is 0. The Bertz CT molecular complexity index is 479. The van der Waals surface area contributed by atoms with Gasteiger partial charge in [0.05, 0.1) is 24.7 Å². The van der Waals surface area contributed by atoms with Gasteiger partial charge in [-0.05, 0) is 18.2 Å². The van der Waals surface area contributed by atoms with Crippen LogP contribution in [0.4, 0.5) is 5.69 Å². The Kier molecular flexibility index (Phi) is 2.21. The second kappa shape index (κ2) is 3.53. The molecular formula is C10H11N3O2. The van der Waals surface area contributed by atoms with Crippen molar-refractivity contribution in [3.05, 3.63) is 24.4 Å². The van der Waals surface area contributed by atoms with Gasteiger partial charge in [0.2, 0.25) is 0 Å². The van der Waals surface area contributed by atoms with E-state index in [-0.39, 0.29) is 5.75 Å². The first-order chi connectivity index (χ1) is 7.22. The van der Waals surface area contributed by atoms with Gasteiger partial charge in [-0.15, -0.1) is 0 Å². The number of methoxy groups -OCH3 is 1. The fourth-order valence-electron chi connectivity index (χ4n) is 1.37. The van der Waals surface area contributed by atoms with Crippen LogP contribution in [-0.4, -0.2) is 22.4 Å². The molecule has 78 valence electrons. The van der Waals surface area contributed by atoms with Crippen molar-refractivity contribution in [1.82, 2.24) is 10.2 Å². The lowest BCUT2D eigenvalue weighted by Crippen LogP contribution is -1.88. The first-order valence-electron chi connectivity index (χ1n) is 4.38. The van der Waals surface area contributed by atoms with E-state index in [0.717, 1.165) is 5.56 Å². The molecule has 1 aromatic carbocycles. The lowest BCUT2D eigenvalue weighted by molar-refractivity contribution is 0.373. The van der Waals surface area contributed by atoms with E-state index >= 15 is 0 Å². The molecule has 0 fully saturated rings. The molecule has 0 aliphatic heterocycles. The molecule has 15 heavy (non-hydrogen) atoms. The van der Waals surface area contributed by atoms with E-state index in [2.05, 4.69) is 10.2 Å². The maximum absolute atomic E-state index is 9.58. The van der Waals surface area contributed by atoms with E-state index in [1.165, 1.54) is 13.3 Å². The number of phenolic OH excluding ortho intramolecular Hbond substituents is 1. The van der Waals surface area contributed by atoms with E-state index in [4.69, 9.17) is 10.5 Å². The van der Waals surface area contributed by atoms with Gasteiger partial charge in [-0.25, -0.2) is 0 Å². The summed E-state index contributed by atoms with van der Waals surface area (Å²) in [6.45, 7) is 0. The van der Waals surface area contributed by atoms with Crippen LogP contribution in [0.1, 0.15) is 0 Å². The van der Waals surface area contributed by atoms with Crippen LogP contribution in [0.15, 0.2) is 24.4 Å². The highest BCUT2D eigenvalue weighted by Gasteiger charge is 2.08. The number of hydrogen-bond acceptors (Lipinski definition) is 4. The maximum Gasteiger partial charge on any atom is 0.160 e. The first kappa shape index (κ1) is 9.39.